The highest BCUT2D eigenvalue weighted by molar-refractivity contribution is 7.86. The first-order valence-corrected chi connectivity index (χ1v) is 11.2. The largest absolute Gasteiger partial charge is 0.489 e. The van der Waals surface area contributed by atoms with Crippen LogP contribution in [0.2, 0.25) is 0 Å². The minimum Gasteiger partial charge on any atom is -0.489 e. The summed E-state index contributed by atoms with van der Waals surface area (Å²) in [6, 6.07) is 13.8. The van der Waals surface area contributed by atoms with E-state index in [0.29, 0.717) is 38.3 Å². The second-order valence-electron chi connectivity index (χ2n) is 7.91. The molecule has 0 N–H and O–H groups in total. The number of halogens is 1. The molecular formula is C21H22FNO5S. The summed E-state index contributed by atoms with van der Waals surface area (Å²) in [5.74, 6) is -0.542. The van der Waals surface area contributed by atoms with E-state index >= 15 is 0 Å². The number of rotatable bonds is 6. The van der Waals surface area contributed by atoms with E-state index in [2.05, 4.69) is 0 Å². The number of nitrogens with zero attached hydrogens (tertiary/aromatic N) is 1. The number of hydrogen-bond donors (Lipinski definition) is 0. The topological polar surface area (TPSA) is 72.9 Å². The number of benzene rings is 2. The number of carbonyl (C=O) groups excluding carboxylic acids is 1. The molecule has 2 fully saturated rings. The zero-order valence-electron chi connectivity index (χ0n) is 16.0. The summed E-state index contributed by atoms with van der Waals surface area (Å²) in [5, 5.41) is 0. The molecule has 0 unspecified atom stereocenters. The molecule has 1 amide bonds. The van der Waals surface area contributed by atoms with E-state index in [4.69, 9.17) is 8.92 Å². The van der Waals surface area contributed by atoms with E-state index in [9.17, 15) is 17.6 Å². The van der Waals surface area contributed by atoms with Crippen LogP contribution in [-0.2, 0) is 20.9 Å². The highest BCUT2D eigenvalue weighted by Crippen LogP contribution is 2.50. The minimum absolute atomic E-state index is 0.0197. The van der Waals surface area contributed by atoms with Gasteiger partial charge < -0.3 is 9.64 Å². The van der Waals surface area contributed by atoms with Crippen molar-refractivity contribution in [2.24, 2.45) is 5.41 Å². The molecule has 6 nitrogen and oxygen atoms in total. The summed E-state index contributed by atoms with van der Waals surface area (Å²) in [6.07, 6.45) is 1.89. The normalized spacial score (nSPS) is 18.2. The van der Waals surface area contributed by atoms with Gasteiger partial charge in [0.2, 0.25) is 0 Å². The van der Waals surface area contributed by atoms with Gasteiger partial charge in [-0.3, -0.25) is 8.98 Å². The molecule has 1 saturated heterocycles. The molecule has 0 atom stereocenters. The summed E-state index contributed by atoms with van der Waals surface area (Å²) >= 11 is 0. The molecule has 0 radical (unpaired) electrons. The highest BCUT2D eigenvalue weighted by Gasteiger charge is 2.55. The lowest BCUT2D eigenvalue weighted by Gasteiger charge is -2.58. The monoisotopic (exact) mass is 419 g/mol. The van der Waals surface area contributed by atoms with E-state index in [-0.39, 0.29) is 23.0 Å². The maximum Gasteiger partial charge on any atom is 0.264 e. The average Bonchev–Trinajstić information content (AvgIpc) is 2.61. The van der Waals surface area contributed by atoms with Crippen LogP contribution in [-0.4, -0.2) is 44.7 Å². The fraction of sp³-hybridized carbons (Fsp3) is 0.381. The molecule has 1 heterocycles. The van der Waals surface area contributed by atoms with Crippen LogP contribution >= 0.6 is 0 Å². The molecule has 0 bridgehead atoms. The fourth-order valence-electron chi connectivity index (χ4n) is 4.06. The number of carbonyl (C=O) groups is 1. The summed E-state index contributed by atoms with van der Waals surface area (Å²) in [7, 11) is -3.47. The van der Waals surface area contributed by atoms with E-state index in [1.807, 2.05) is 30.3 Å². The van der Waals surface area contributed by atoms with Crippen molar-refractivity contribution in [1.82, 2.24) is 4.90 Å². The number of ether oxygens (including phenoxy) is 1. The van der Waals surface area contributed by atoms with Crippen LogP contribution in [0.5, 0.6) is 5.75 Å². The molecule has 1 aliphatic heterocycles. The van der Waals surface area contributed by atoms with Crippen LogP contribution in [0.15, 0.2) is 48.5 Å². The van der Waals surface area contributed by atoms with Crippen molar-refractivity contribution in [3.8, 4) is 5.75 Å². The number of hydrogen-bond acceptors (Lipinski definition) is 5. The van der Waals surface area contributed by atoms with Gasteiger partial charge in [-0.15, -0.1) is 0 Å². The third kappa shape index (κ3) is 4.43. The Bertz CT molecular complexity index is 1010. The lowest BCUT2D eigenvalue weighted by atomic mass is 9.62. The van der Waals surface area contributed by atoms with E-state index in [1.165, 1.54) is 18.2 Å². The van der Waals surface area contributed by atoms with Crippen molar-refractivity contribution < 1.29 is 26.5 Å². The SMILES string of the molecule is CS(=O)(=O)OC1CC2(C1)CN(C(=O)c1cc(OCc3ccccc3)ccc1F)C2. The second kappa shape index (κ2) is 7.42. The Morgan fingerprint density at radius 1 is 1.17 bits per heavy atom. The molecule has 2 aromatic carbocycles. The van der Waals surface area contributed by atoms with Crippen molar-refractivity contribution in [2.75, 3.05) is 19.3 Å². The lowest BCUT2D eigenvalue weighted by molar-refractivity contribution is -0.101. The third-order valence-corrected chi connectivity index (χ3v) is 6.01. The van der Waals surface area contributed by atoms with Gasteiger partial charge in [0.15, 0.2) is 0 Å². The summed E-state index contributed by atoms with van der Waals surface area (Å²) < 4.78 is 47.3. The third-order valence-electron chi connectivity index (χ3n) is 5.39. The first-order chi connectivity index (χ1) is 13.7. The highest BCUT2D eigenvalue weighted by atomic mass is 32.2. The van der Waals surface area contributed by atoms with Gasteiger partial charge in [-0.25, -0.2) is 4.39 Å². The van der Waals surface area contributed by atoms with Gasteiger partial charge in [0, 0.05) is 18.5 Å². The molecule has 2 aliphatic rings. The van der Waals surface area contributed by atoms with Crippen molar-refractivity contribution >= 4 is 16.0 Å². The van der Waals surface area contributed by atoms with E-state index < -0.39 is 15.9 Å². The van der Waals surface area contributed by atoms with Gasteiger partial charge in [-0.2, -0.15) is 8.42 Å². The van der Waals surface area contributed by atoms with Crippen molar-refractivity contribution in [1.29, 1.82) is 0 Å². The Morgan fingerprint density at radius 2 is 1.86 bits per heavy atom. The fourth-order valence-corrected chi connectivity index (χ4v) is 4.69. The average molecular weight is 419 g/mol. The first kappa shape index (κ1) is 19.8. The zero-order chi connectivity index (χ0) is 20.6. The van der Waals surface area contributed by atoms with Gasteiger partial charge in [0.05, 0.1) is 17.9 Å². The van der Waals surface area contributed by atoms with Gasteiger partial charge >= 0.3 is 0 Å². The van der Waals surface area contributed by atoms with Crippen molar-refractivity contribution in [3.63, 3.8) is 0 Å². The summed E-state index contributed by atoms with van der Waals surface area (Å²) in [6.45, 7) is 1.28. The molecule has 2 aromatic rings. The molecule has 0 aromatic heterocycles. The lowest BCUT2D eigenvalue weighted by Crippen LogP contribution is -2.65. The van der Waals surface area contributed by atoms with Crippen LogP contribution in [0.1, 0.15) is 28.8 Å². The van der Waals surface area contributed by atoms with Gasteiger partial charge in [0.25, 0.3) is 16.0 Å². The minimum atomic E-state index is -3.47. The van der Waals surface area contributed by atoms with E-state index in [1.54, 1.807) is 4.90 Å². The Labute approximate surface area is 169 Å². The molecule has 29 heavy (non-hydrogen) atoms. The van der Waals surface area contributed by atoms with Crippen LogP contribution in [0, 0.1) is 11.2 Å². The van der Waals surface area contributed by atoms with Gasteiger partial charge in [-0.1, -0.05) is 30.3 Å². The van der Waals surface area contributed by atoms with Gasteiger partial charge in [0.1, 0.15) is 18.2 Å². The van der Waals surface area contributed by atoms with Gasteiger partial charge in [-0.05, 0) is 36.6 Å². The second-order valence-corrected chi connectivity index (χ2v) is 9.51. The molecule has 1 saturated carbocycles. The zero-order valence-corrected chi connectivity index (χ0v) is 16.8. The smallest absolute Gasteiger partial charge is 0.264 e. The Balaban J connectivity index is 1.35. The van der Waals surface area contributed by atoms with Crippen molar-refractivity contribution in [3.05, 3.63) is 65.5 Å². The first-order valence-electron chi connectivity index (χ1n) is 9.37. The molecular weight excluding hydrogens is 397 g/mol. The van der Waals surface area contributed by atoms with E-state index in [0.717, 1.165) is 11.8 Å². The van der Waals surface area contributed by atoms with Crippen LogP contribution in [0.3, 0.4) is 0 Å². The summed E-state index contributed by atoms with van der Waals surface area (Å²) in [4.78, 5) is 14.3. The molecule has 154 valence electrons. The molecule has 8 heteroatoms. The number of amides is 1. The predicted molar refractivity (Wildman–Crippen MR) is 104 cm³/mol. The molecule has 1 aliphatic carbocycles. The van der Waals surface area contributed by atoms with Crippen LogP contribution < -0.4 is 4.74 Å². The summed E-state index contributed by atoms with van der Waals surface area (Å²) in [5.41, 5.74) is 0.849. The maximum atomic E-state index is 14.3. The van der Waals surface area contributed by atoms with Crippen LogP contribution in [0.25, 0.3) is 0 Å². The quantitative estimate of drug-likeness (QED) is 0.673. The molecule has 4 rings (SSSR count). The predicted octanol–water partition coefficient (Wildman–Crippen LogP) is 2.99. The Morgan fingerprint density at radius 3 is 2.52 bits per heavy atom. The van der Waals surface area contributed by atoms with Crippen LogP contribution in [0.4, 0.5) is 4.39 Å². The maximum absolute atomic E-state index is 14.3. The number of likely N-dealkylation sites (tertiary alicyclic amines) is 1. The Kier molecular flexibility index (Phi) is 5.08. The van der Waals surface area contributed by atoms with Crippen molar-refractivity contribution in [2.45, 2.75) is 25.6 Å². The standard InChI is InChI=1S/C21H22FNO5S/c1-29(25,26)28-17-10-21(11-17)13-23(14-21)20(24)18-9-16(7-8-19(18)22)27-12-15-5-3-2-4-6-15/h2-9,17H,10-14H2,1H3. The Hall–Kier alpha value is -2.45. The molecule has 1 spiro atoms.